The maximum absolute atomic E-state index is 12.8. The second kappa shape index (κ2) is 7.72. The summed E-state index contributed by atoms with van der Waals surface area (Å²) in [6, 6.07) is 14.8. The molecule has 0 bridgehead atoms. The average Bonchev–Trinajstić information content (AvgIpc) is 2.92. The highest BCUT2D eigenvalue weighted by molar-refractivity contribution is 6.33. The zero-order valence-corrected chi connectivity index (χ0v) is 15.5. The predicted molar refractivity (Wildman–Crippen MR) is 104 cm³/mol. The summed E-state index contributed by atoms with van der Waals surface area (Å²) in [4.78, 5) is 29.0. The molecule has 3 rings (SSSR count). The van der Waals surface area contributed by atoms with Gasteiger partial charge in [0.2, 0.25) is 5.78 Å². The Labute approximate surface area is 157 Å². The lowest BCUT2D eigenvalue weighted by Gasteiger charge is -2.13. The number of fused-ring (bicyclic) bond motifs is 1. The summed E-state index contributed by atoms with van der Waals surface area (Å²) in [5, 5.41) is 4.19. The molecule has 1 aromatic heterocycles. The first kappa shape index (κ1) is 18.2. The number of aromatic nitrogens is 1. The number of hydrogen-bond acceptors (Lipinski definition) is 2. The van der Waals surface area contributed by atoms with Crippen molar-refractivity contribution in [2.75, 3.05) is 25.5 Å². The number of anilines is 1. The fourth-order valence-electron chi connectivity index (χ4n) is 3.09. The summed E-state index contributed by atoms with van der Waals surface area (Å²) < 4.78 is 0. The maximum Gasteiger partial charge on any atom is 0.279 e. The zero-order chi connectivity index (χ0) is 18.7. The van der Waals surface area contributed by atoms with Crippen LogP contribution in [0.5, 0.6) is 0 Å². The van der Waals surface area contributed by atoms with Gasteiger partial charge >= 0.3 is 0 Å². The van der Waals surface area contributed by atoms with Crippen LogP contribution in [0.4, 0.5) is 5.69 Å². The second-order valence-electron chi connectivity index (χ2n) is 6.43. The molecule has 26 heavy (non-hydrogen) atoms. The number of nitrogens with one attached hydrogen (secondary N) is 3. The van der Waals surface area contributed by atoms with Crippen LogP contribution in [0.25, 0.3) is 10.9 Å². The van der Waals surface area contributed by atoms with Crippen molar-refractivity contribution < 1.29 is 14.5 Å². The lowest BCUT2D eigenvalue weighted by molar-refractivity contribution is -0.861. The molecule has 3 N–H and O–H groups in total. The molecular formula is C20H21ClN3O2+. The highest BCUT2D eigenvalue weighted by Crippen LogP contribution is 2.22. The standard InChI is InChI=1S/C20H20ClN3O2/c1-13-20(14-7-3-5-9-16(14)22-13)18(25)11-24(2)12-19(26)23-17-10-6-4-8-15(17)21/h3-10,22H,11-12H2,1-2H3,(H,23,26)/p+1. The molecule has 0 aliphatic heterocycles. The number of quaternary nitrogens is 1. The fraction of sp³-hybridized carbons (Fsp3) is 0.200. The molecule has 1 unspecified atom stereocenters. The first-order chi connectivity index (χ1) is 12.5. The van der Waals surface area contributed by atoms with Crippen LogP contribution in [0.1, 0.15) is 16.1 Å². The van der Waals surface area contributed by atoms with Crippen LogP contribution in [0.3, 0.4) is 0 Å². The van der Waals surface area contributed by atoms with Gasteiger partial charge in [-0.3, -0.25) is 9.59 Å². The number of carbonyl (C=O) groups excluding carboxylic acids is 2. The summed E-state index contributed by atoms with van der Waals surface area (Å²) in [6.45, 7) is 2.31. The van der Waals surface area contributed by atoms with Gasteiger partial charge in [0.05, 0.1) is 23.3 Å². The Kier molecular flexibility index (Phi) is 5.40. The molecular weight excluding hydrogens is 350 g/mol. The molecule has 0 saturated heterocycles. The Bertz CT molecular complexity index is 965. The number of halogens is 1. The van der Waals surface area contributed by atoms with Crippen molar-refractivity contribution in [3.05, 3.63) is 64.8 Å². The van der Waals surface area contributed by atoms with Gasteiger partial charge in [-0.25, -0.2) is 0 Å². The van der Waals surface area contributed by atoms with Gasteiger partial charge in [0.1, 0.15) is 6.54 Å². The molecule has 0 fully saturated rings. The van der Waals surface area contributed by atoms with E-state index >= 15 is 0 Å². The van der Waals surface area contributed by atoms with Gasteiger partial charge in [-0.1, -0.05) is 41.9 Å². The molecule has 1 amide bonds. The number of carbonyl (C=O) groups is 2. The van der Waals surface area contributed by atoms with Gasteiger partial charge in [-0.15, -0.1) is 0 Å². The summed E-state index contributed by atoms with van der Waals surface area (Å²) in [5.74, 6) is -0.165. The Hall–Kier alpha value is -2.63. The topological polar surface area (TPSA) is 66.4 Å². The van der Waals surface area contributed by atoms with Crippen LogP contribution in [0.15, 0.2) is 48.5 Å². The van der Waals surface area contributed by atoms with E-state index < -0.39 is 0 Å². The van der Waals surface area contributed by atoms with E-state index in [1.54, 1.807) is 24.3 Å². The van der Waals surface area contributed by atoms with E-state index in [1.807, 2.05) is 38.2 Å². The van der Waals surface area contributed by atoms with Crippen molar-refractivity contribution >= 4 is 39.9 Å². The van der Waals surface area contributed by atoms with Gasteiger partial charge in [-0.05, 0) is 25.1 Å². The van der Waals surface area contributed by atoms with Crippen molar-refractivity contribution in [2.45, 2.75) is 6.92 Å². The maximum atomic E-state index is 12.8. The van der Waals surface area contributed by atoms with E-state index in [2.05, 4.69) is 10.3 Å². The number of likely N-dealkylation sites (N-methyl/N-ethyl adjacent to an activating group) is 1. The van der Waals surface area contributed by atoms with Gasteiger partial charge in [0.15, 0.2) is 6.54 Å². The van der Waals surface area contributed by atoms with E-state index in [9.17, 15) is 9.59 Å². The first-order valence-corrected chi connectivity index (χ1v) is 8.79. The number of rotatable bonds is 6. The number of amides is 1. The van der Waals surface area contributed by atoms with Crippen LogP contribution >= 0.6 is 11.6 Å². The average molecular weight is 371 g/mol. The monoisotopic (exact) mass is 370 g/mol. The number of benzene rings is 2. The summed E-state index contributed by atoms with van der Waals surface area (Å²) in [6.07, 6.45) is 0. The molecule has 0 spiro atoms. The number of para-hydroxylation sites is 2. The molecule has 1 atom stereocenters. The molecule has 0 saturated carbocycles. The number of H-pyrrole nitrogens is 1. The predicted octanol–water partition coefficient (Wildman–Crippen LogP) is 2.47. The number of aromatic amines is 1. The van der Waals surface area contributed by atoms with Crippen LogP contribution in [-0.2, 0) is 4.79 Å². The Morgan fingerprint density at radius 2 is 1.77 bits per heavy atom. The second-order valence-corrected chi connectivity index (χ2v) is 6.84. The van der Waals surface area contributed by atoms with Crippen LogP contribution in [-0.4, -0.2) is 36.8 Å². The number of Topliss-reactive ketones (excluding diaryl/α,β-unsaturated/α-hetero) is 1. The molecule has 1 heterocycles. The van der Waals surface area contributed by atoms with Crippen molar-refractivity contribution in [3.63, 3.8) is 0 Å². The van der Waals surface area contributed by atoms with Crippen molar-refractivity contribution in [1.82, 2.24) is 4.98 Å². The molecule has 0 aliphatic rings. The Morgan fingerprint density at radius 3 is 2.54 bits per heavy atom. The number of hydrogen-bond donors (Lipinski definition) is 3. The lowest BCUT2D eigenvalue weighted by Crippen LogP contribution is -3.11. The van der Waals surface area contributed by atoms with Crippen molar-refractivity contribution in [2.24, 2.45) is 0 Å². The molecule has 3 aromatic rings. The third-order valence-corrected chi connectivity index (χ3v) is 4.57. The van der Waals surface area contributed by atoms with Crippen molar-refractivity contribution in [3.8, 4) is 0 Å². The van der Waals surface area contributed by atoms with Crippen LogP contribution < -0.4 is 10.2 Å². The van der Waals surface area contributed by atoms with Gasteiger partial charge in [-0.2, -0.15) is 0 Å². The normalized spacial score (nSPS) is 12.1. The Balaban J connectivity index is 1.65. The highest BCUT2D eigenvalue weighted by Gasteiger charge is 2.21. The molecule has 6 heteroatoms. The lowest BCUT2D eigenvalue weighted by atomic mass is 10.1. The third kappa shape index (κ3) is 3.95. The zero-order valence-electron chi connectivity index (χ0n) is 14.7. The van der Waals surface area contributed by atoms with E-state index in [0.717, 1.165) is 21.5 Å². The quantitative estimate of drug-likeness (QED) is 0.583. The van der Waals surface area contributed by atoms with Gasteiger partial charge in [0, 0.05) is 16.6 Å². The molecule has 134 valence electrons. The first-order valence-electron chi connectivity index (χ1n) is 8.42. The molecule has 0 radical (unpaired) electrons. The van der Waals surface area contributed by atoms with Crippen LogP contribution in [0.2, 0.25) is 5.02 Å². The largest absolute Gasteiger partial charge is 0.358 e. The van der Waals surface area contributed by atoms with Crippen molar-refractivity contribution in [1.29, 1.82) is 0 Å². The van der Waals surface area contributed by atoms with E-state index in [0.29, 0.717) is 16.3 Å². The summed E-state index contributed by atoms with van der Waals surface area (Å²) >= 11 is 6.05. The highest BCUT2D eigenvalue weighted by atomic mass is 35.5. The number of aryl methyl sites for hydroxylation is 1. The van der Waals surface area contributed by atoms with E-state index in [-0.39, 0.29) is 24.8 Å². The van der Waals surface area contributed by atoms with Crippen LogP contribution in [0, 0.1) is 6.92 Å². The minimum absolute atomic E-state index is 0.0167. The van der Waals surface area contributed by atoms with Gasteiger partial charge in [0.25, 0.3) is 5.91 Å². The SMILES string of the molecule is Cc1[nH]c2ccccc2c1C(=O)C[NH+](C)CC(=O)Nc1ccccc1Cl. The smallest absolute Gasteiger partial charge is 0.279 e. The molecule has 0 aliphatic carbocycles. The van der Waals surface area contributed by atoms with E-state index in [4.69, 9.17) is 11.6 Å². The summed E-state index contributed by atoms with van der Waals surface area (Å²) in [7, 11) is 1.83. The molecule has 5 nitrogen and oxygen atoms in total. The third-order valence-electron chi connectivity index (χ3n) is 4.25. The summed E-state index contributed by atoms with van der Waals surface area (Å²) in [5.41, 5.74) is 3.07. The van der Waals surface area contributed by atoms with Gasteiger partial charge < -0.3 is 15.2 Å². The molecule has 2 aromatic carbocycles. The fourth-order valence-corrected chi connectivity index (χ4v) is 3.27. The number of ketones is 1. The van der Waals surface area contributed by atoms with E-state index in [1.165, 1.54) is 0 Å². The minimum atomic E-state index is -0.181. The Morgan fingerprint density at radius 1 is 1.08 bits per heavy atom. The minimum Gasteiger partial charge on any atom is -0.358 e.